The third-order valence-electron chi connectivity index (χ3n) is 3.18. The smallest absolute Gasteiger partial charge is 0.239 e. The molecule has 20 heavy (non-hydrogen) atoms. The Bertz CT molecular complexity index is 418. The molecule has 0 aliphatic heterocycles. The van der Waals surface area contributed by atoms with Crippen molar-refractivity contribution in [3.63, 3.8) is 0 Å². The lowest BCUT2D eigenvalue weighted by atomic mass is 10.1. The maximum atomic E-state index is 12.1. The van der Waals surface area contributed by atoms with Gasteiger partial charge in [-0.15, -0.1) is 0 Å². The van der Waals surface area contributed by atoms with E-state index in [1.54, 1.807) is 36.2 Å². The van der Waals surface area contributed by atoms with Gasteiger partial charge in [-0.25, -0.2) is 0 Å². The molecule has 1 amide bonds. The van der Waals surface area contributed by atoms with Gasteiger partial charge in [0.1, 0.15) is 5.75 Å². The summed E-state index contributed by atoms with van der Waals surface area (Å²) in [6.45, 7) is 1.66. The maximum absolute atomic E-state index is 12.1. The Labute approximate surface area is 121 Å². The number of amides is 1. The van der Waals surface area contributed by atoms with Crippen LogP contribution in [0.5, 0.6) is 5.75 Å². The van der Waals surface area contributed by atoms with E-state index in [4.69, 9.17) is 5.73 Å². The van der Waals surface area contributed by atoms with Gasteiger partial charge in [0.15, 0.2) is 0 Å². The third-order valence-corrected chi connectivity index (χ3v) is 3.18. The van der Waals surface area contributed by atoms with Gasteiger partial charge < -0.3 is 20.6 Å². The van der Waals surface area contributed by atoms with Gasteiger partial charge in [-0.2, -0.15) is 0 Å². The van der Waals surface area contributed by atoms with Gasteiger partial charge in [0.05, 0.1) is 6.04 Å². The highest BCUT2D eigenvalue weighted by Crippen LogP contribution is 2.11. The Kier molecular flexibility index (Phi) is 6.48. The molecular weight excluding hydrogens is 254 g/mol. The van der Waals surface area contributed by atoms with Crippen molar-refractivity contribution in [1.82, 2.24) is 9.80 Å². The summed E-state index contributed by atoms with van der Waals surface area (Å²) in [5, 5.41) is 9.22. The zero-order valence-electron chi connectivity index (χ0n) is 12.5. The van der Waals surface area contributed by atoms with Crippen molar-refractivity contribution in [2.45, 2.75) is 18.9 Å². The van der Waals surface area contributed by atoms with E-state index in [1.165, 1.54) is 0 Å². The first-order chi connectivity index (χ1) is 9.40. The highest BCUT2D eigenvalue weighted by molar-refractivity contribution is 5.81. The second kappa shape index (κ2) is 7.87. The van der Waals surface area contributed by atoms with Crippen molar-refractivity contribution < 1.29 is 9.90 Å². The lowest BCUT2D eigenvalue weighted by molar-refractivity contribution is -0.131. The molecule has 0 radical (unpaired) electrons. The van der Waals surface area contributed by atoms with Crippen LogP contribution in [0.1, 0.15) is 12.0 Å². The molecule has 0 heterocycles. The van der Waals surface area contributed by atoms with Crippen molar-refractivity contribution in [3.05, 3.63) is 29.8 Å². The normalized spacial score (nSPS) is 12.4. The number of carbonyl (C=O) groups excluding carboxylic acids is 1. The molecule has 1 rings (SSSR count). The second-order valence-electron chi connectivity index (χ2n) is 5.39. The van der Waals surface area contributed by atoms with Crippen molar-refractivity contribution >= 4 is 5.91 Å². The molecule has 0 aromatic heterocycles. The Morgan fingerprint density at radius 1 is 1.20 bits per heavy atom. The molecule has 112 valence electrons. The first-order valence-corrected chi connectivity index (χ1v) is 6.83. The molecule has 5 nitrogen and oxygen atoms in total. The Balaban J connectivity index is 2.43. The number of hydrogen-bond acceptors (Lipinski definition) is 4. The van der Waals surface area contributed by atoms with Crippen LogP contribution in [0.2, 0.25) is 0 Å². The number of nitrogens with zero attached hydrogens (tertiary/aromatic N) is 2. The molecular formula is C15H25N3O2. The highest BCUT2D eigenvalue weighted by atomic mass is 16.3. The minimum atomic E-state index is -0.538. The predicted octanol–water partition coefficient (Wildman–Crippen LogP) is 0.672. The number of phenolic OH excluding ortho intramolecular Hbond substituents is 1. The fourth-order valence-electron chi connectivity index (χ4n) is 1.99. The van der Waals surface area contributed by atoms with Crippen LogP contribution in [-0.2, 0) is 11.2 Å². The number of benzene rings is 1. The number of rotatable bonds is 7. The van der Waals surface area contributed by atoms with E-state index in [0.717, 1.165) is 18.5 Å². The zero-order chi connectivity index (χ0) is 15.1. The minimum Gasteiger partial charge on any atom is -0.508 e. The van der Waals surface area contributed by atoms with E-state index < -0.39 is 6.04 Å². The lowest BCUT2D eigenvalue weighted by Crippen LogP contribution is -2.43. The van der Waals surface area contributed by atoms with E-state index in [2.05, 4.69) is 4.90 Å². The minimum absolute atomic E-state index is 0.0446. The van der Waals surface area contributed by atoms with Gasteiger partial charge >= 0.3 is 0 Å². The number of hydrogen-bond donors (Lipinski definition) is 2. The Morgan fingerprint density at radius 3 is 2.35 bits per heavy atom. The van der Waals surface area contributed by atoms with E-state index in [-0.39, 0.29) is 11.7 Å². The van der Waals surface area contributed by atoms with E-state index in [1.807, 2.05) is 14.1 Å². The van der Waals surface area contributed by atoms with Crippen LogP contribution >= 0.6 is 0 Å². The van der Waals surface area contributed by atoms with Gasteiger partial charge in [0.25, 0.3) is 0 Å². The monoisotopic (exact) mass is 279 g/mol. The summed E-state index contributed by atoms with van der Waals surface area (Å²) in [4.78, 5) is 15.9. The van der Waals surface area contributed by atoms with Crippen LogP contribution in [-0.4, -0.2) is 61.1 Å². The molecule has 0 saturated carbocycles. The summed E-state index contributed by atoms with van der Waals surface area (Å²) in [6, 6.07) is 6.24. The summed E-state index contributed by atoms with van der Waals surface area (Å²) >= 11 is 0. The van der Waals surface area contributed by atoms with Gasteiger partial charge in [0, 0.05) is 13.6 Å². The molecule has 0 bridgehead atoms. The Hall–Kier alpha value is -1.59. The molecule has 3 N–H and O–H groups in total. The van der Waals surface area contributed by atoms with Crippen LogP contribution in [0, 0.1) is 0 Å². The zero-order valence-corrected chi connectivity index (χ0v) is 12.5. The van der Waals surface area contributed by atoms with E-state index >= 15 is 0 Å². The van der Waals surface area contributed by atoms with E-state index in [0.29, 0.717) is 13.0 Å². The van der Waals surface area contributed by atoms with Gasteiger partial charge in [-0.1, -0.05) is 12.1 Å². The standard InChI is InChI=1S/C15H25N3O2/c1-17(2)9-4-10-18(3)15(20)14(16)11-12-5-7-13(19)8-6-12/h5-8,14,19H,4,9-11,16H2,1-3H3/t14-/m0/s1. The molecule has 1 atom stereocenters. The van der Waals surface area contributed by atoms with Gasteiger partial charge in [0.2, 0.25) is 5.91 Å². The second-order valence-corrected chi connectivity index (χ2v) is 5.39. The number of likely N-dealkylation sites (N-methyl/N-ethyl adjacent to an activating group) is 1. The summed E-state index contributed by atoms with van der Waals surface area (Å²) in [5.74, 6) is 0.172. The van der Waals surface area contributed by atoms with Crippen LogP contribution < -0.4 is 5.73 Å². The Morgan fingerprint density at radius 2 is 1.80 bits per heavy atom. The summed E-state index contributed by atoms with van der Waals surface area (Å²) in [7, 11) is 5.81. The fraction of sp³-hybridized carbons (Fsp3) is 0.533. The largest absolute Gasteiger partial charge is 0.508 e. The summed E-state index contributed by atoms with van der Waals surface area (Å²) < 4.78 is 0. The van der Waals surface area contributed by atoms with Crippen LogP contribution in [0.25, 0.3) is 0 Å². The molecule has 0 fully saturated rings. The van der Waals surface area contributed by atoms with Crippen LogP contribution in [0.15, 0.2) is 24.3 Å². The molecule has 1 aromatic carbocycles. The third kappa shape index (κ3) is 5.59. The summed E-state index contributed by atoms with van der Waals surface area (Å²) in [5.41, 5.74) is 6.91. The average molecular weight is 279 g/mol. The quantitative estimate of drug-likeness (QED) is 0.770. The maximum Gasteiger partial charge on any atom is 0.239 e. The number of phenols is 1. The van der Waals surface area contributed by atoms with Crippen LogP contribution in [0.3, 0.4) is 0 Å². The molecule has 5 heteroatoms. The fourth-order valence-corrected chi connectivity index (χ4v) is 1.99. The predicted molar refractivity (Wildman–Crippen MR) is 80.6 cm³/mol. The SMILES string of the molecule is CN(C)CCCN(C)C(=O)[C@@H](N)Cc1ccc(O)cc1. The molecule has 0 unspecified atom stereocenters. The van der Waals surface area contributed by atoms with Crippen molar-refractivity contribution in [3.8, 4) is 5.75 Å². The topological polar surface area (TPSA) is 69.8 Å². The van der Waals surface area contributed by atoms with Gasteiger partial charge in [-0.05, 0) is 51.2 Å². The lowest BCUT2D eigenvalue weighted by Gasteiger charge is -2.22. The molecule has 0 spiro atoms. The van der Waals surface area contributed by atoms with Crippen molar-refractivity contribution in [2.75, 3.05) is 34.2 Å². The van der Waals surface area contributed by atoms with Crippen molar-refractivity contribution in [1.29, 1.82) is 0 Å². The van der Waals surface area contributed by atoms with E-state index in [9.17, 15) is 9.90 Å². The van der Waals surface area contributed by atoms with Gasteiger partial charge in [-0.3, -0.25) is 4.79 Å². The highest BCUT2D eigenvalue weighted by Gasteiger charge is 2.18. The average Bonchev–Trinajstić information content (AvgIpc) is 2.39. The number of carbonyl (C=O) groups is 1. The molecule has 0 aliphatic carbocycles. The molecule has 0 saturated heterocycles. The number of nitrogens with two attached hydrogens (primary N) is 1. The molecule has 0 aliphatic rings. The first kappa shape index (κ1) is 16.5. The number of aromatic hydroxyl groups is 1. The first-order valence-electron chi connectivity index (χ1n) is 6.83. The van der Waals surface area contributed by atoms with Crippen molar-refractivity contribution in [2.24, 2.45) is 5.73 Å². The molecule has 1 aromatic rings. The summed E-state index contributed by atoms with van der Waals surface area (Å²) in [6.07, 6.45) is 1.41. The van der Waals surface area contributed by atoms with Crippen LogP contribution in [0.4, 0.5) is 0 Å².